The van der Waals surface area contributed by atoms with Gasteiger partial charge in [-0.05, 0) is 37.4 Å². The number of likely N-dealkylation sites (tertiary alicyclic amines) is 1. The van der Waals surface area contributed by atoms with Crippen LogP contribution in [0.25, 0.3) is 0 Å². The maximum atomic E-state index is 12.1. The number of carbonyl (C=O) groups is 1. The van der Waals surface area contributed by atoms with E-state index >= 15 is 0 Å². The highest BCUT2D eigenvalue weighted by Gasteiger charge is 2.22. The molecule has 0 saturated carbocycles. The number of halogens is 2. The third kappa shape index (κ3) is 4.01. The van der Waals surface area contributed by atoms with Crippen LogP contribution in [0.3, 0.4) is 0 Å². The molecule has 110 valence electrons. The second-order valence-electron chi connectivity index (χ2n) is 4.92. The van der Waals surface area contributed by atoms with Crippen LogP contribution in [-0.4, -0.2) is 37.0 Å². The molecule has 0 spiro atoms. The number of piperidine rings is 1. The molecule has 0 atom stereocenters. The van der Waals surface area contributed by atoms with Crippen LogP contribution in [0.5, 0.6) is 5.75 Å². The van der Waals surface area contributed by atoms with Crippen LogP contribution in [0.2, 0.25) is 10.0 Å². The number of nitrogens with two attached hydrogens (primary N) is 1. The number of carbonyl (C=O) groups excluding carboxylic acids is 1. The predicted octanol–water partition coefficient (Wildman–Crippen LogP) is 2.57. The average Bonchev–Trinajstić information content (AvgIpc) is 2.48. The third-order valence-electron chi connectivity index (χ3n) is 3.54. The minimum Gasteiger partial charge on any atom is -0.482 e. The minimum absolute atomic E-state index is 0.0205. The van der Waals surface area contributed by atoms with E-state index in [4.69, 9.17) is 33.7 Å². The van der Waals surface area contributed by atoms with Crippen LogP contribution >= 0.6 is 23.2 Å². The Labute approximate surface area is 128 Å². The maximum Gasteiger partial charge on any atom is 0.260 e. The Hall–Kier alpha value is -0.970. The van der Waals surface area contributed by atoms with Gasteiger partial charge in [-0.3, -0.25) is 4.79 Å². The van der Waals surface area contributed by atoms with Gasteiger partial charge in [-0.1, -0.05) is 23.2 Å². The summed E-state index contributed by atoms with van der Waals surface area (Å²) >= 11 is 11.8. The molecule has 1 aliphatic rings. The Kier molecular flexibility index (Phi) is 5.52. The van der Waals surface area contributed by atoms with Gasteiger partial charge in [0.2, 0.25) is 0 Å². The van der Waals surface area contributed by atoms with E-state index in [-0.39, 0.29) is 12.5 Å². The number of nitrogens with zero attached hydrogens (tertiary/aromatic N) is 1. The molecule has 0 unspecified atom stereocenters. The van der Waals surface area contributed by atoms with Crippen molar-refractivity contribution < 1.29 is 9.53 Å². The summed E-state index contributed by atoms with van der Waals surface area (Å²) in [5.74, 6) is 0.934. The lowest BCUT2D eigenvalue weighted by Gasteiger charge is -2.31. The largest absolute Gasteiger partial charge is 0.482 e. The molecule has 2 rings (SSSR count). The van der Waals surface area contributed by atoms with Crippen molar-refractivity contribution in [2.24, 2.45) is 11.7 Å². The first-order valence-electron chi connectivity index (χ1n) is 6.66. The fourth-order valence-electron chi connectivity index (χ4n) is 2.24. The molecule has 1 aliphatic heterocycles. The van der Waals surface area contributed by atoms with Gasteiger partial charge >= 0.3 is 0 Å². The van der Waals surface area contributed by atoms with Crippen LogP contribution in [0, 0.1) is 5.92 Å². The predicted molar refractivity (Wildman–Crippen MR) is 80.3 cm³/mol. The van der Waals surface area contributed by atoms with Crippen LogP contribution in [0.1, 0.15) is 12.8 Å². The molecule has 2 N–H and O–H groups in total. The van der Waals surface area contributed by atoms with Crippen LogP contribution < -0.4 is 10.5 Å². The number of rotatable bonds is 4. The summed E-state index contributed by atoms with van der Waals surface area (Å²) in [5.41, 5.74) is 5.63. The lowest BCUT2D eigenvalue weighted by molar-refractivity contribution is -0.134. The lowest BCUT2D eigenvalue weighted by Crippen LogP contribution is -2.42. The van der Waals surface area contributed by atoms with E-state index in [1.807, 2.05) is 4.90 Å². The van der Waals surface area contributed by atoms with Gasteiger partial charge in [0.1, 0.15) is 5.75 Å². The van der Waals surface area contributed by atoms with E-state index in [2.05, 4.69) is 0 Å². The van der Waals surface area contributed by atoms with Crippen molar-refractivity contribution in [3.8, 4) is 5.75 Å². The van der Waals surface area contributed by atoms with E-state index in [1.165, 1.54) is 0 Å². The van der Waals surface area contributed by atoms with Crippen molar-refractivity contribution in [3.05, 3.63) is 28.2 Å². The van der Waals surface area contributed by atoms with E-state index in [1.54, 1.807) is 18.2 Å². The molecule has 1 saturated heterocycles. The first-order chi connectivity index (χ1) is 9.60. The van der Waals surface area contributed by atoms with Gasteiger partial charge < -0.3 is 15.4 Å². The molecule has 1 amide bonds. The molecule has 0 radical (unpaired) electrons. The van der Waals surface area contributed by atoms with Crippen LogP contribution in [0.15, 0.2) is 18.2 Å². The first-order valence-corrected chi connectivity index (χ1v) is 7.41. The zero-order valence-electron chi connectivity index (χ0n) is 11.1. The molecule has 1 heterocycles. The molecule has 4 nitrogen and oxygen atoms in total. The summed E-state index contributed by atoms with van der Waals surface area (Å²) in [7, 11) is 0. The highest BCUT2D eigenvalue weighted by atomic mass is 35.5. The number of hydrogen-bond donors (Lipinski definition) is 1. The third-order valence-corrected chi connectivity index (χ3v) is 4.09. The molecular weight excluding hydrogens is 299 g/mol. The molecule has 1 fully saturated rings. The average molecular weight is 317 g/mol. The summed E-state index contributed by atoms with van der Waals surface area (Å²) in [5, 5.41) is 0.977. The molecule has 1 aromatic carbocycles. The molecule has 6 heteroatoms. The van der Waals surface area contributed by atoms with Crippen molar-refractivity contribution in [2.45, 2.75) is 12.8 Å². The van der Waals surface area contributed by atoms with E-state index in [9.17, 15) is 4.79 Å². The second kappa shape index (κ2) is 7.16. The quantitative estimate of drug-likeness (QED) is 0.928. The highest BCUT2D eigenvalue weighted by molar-refractivity contribution is 6.34. The number of amides is 1. The van der Waals surface area contributed by atoms with Crippen LogP contribution in [-0.2, 0) is 4.79 Å². The van der Waals surface area contributed by atoms with Gasteiger partial charge in [-0.15, -0.1) is 0 Å². The van der Waals surface area contributed by atoms with Crippen LogP contribution in [0.4, 0.5) is 0 Å². The Balaban J connectivity index is 1.85. The summed E-state index contributed by atoms with van der Waals surface area (Å²) in [6, 6.07) is 4.93. The van der Waals surface area contributed by atoms with Gasteiger partial charge in [-0.25, -0.2) is 0 Å². The Morgan fingerprint density at radius 1 is 1.35 bits per heavy atom. The second-order valence-corrected chi connectivity index (χ2v) is 5.77. The Morgan fingerprint density at radius 2 is 2.05 bits per heavy atom. The number of hydrogen-bond acceptors (Lipinski definition) is 3. The minimum atomic E-state index is -0.0310. The summed E-state index contributed by atoms with van der Waals surface area (Å²) in [4.78, 5) is 13.9. The standard InChI is InChI=1S/C14H18Cl2N2O2/c15-11-1-2-12(16)13(7-11)20-9-14(19)18-5-3-10(8-17)4-6-18/h1-2,7,10H,3-6,8-9,17H2. The molecule has 0 bridgehead atoms. The smallest absolute Gasteiger partial charge is 0.260 e. The SMILES string of the molecule is NCC1CCN(C(=O)COc2cc(Cl)ccc2Cl)CC1. The van der Waals surface area contributed by atoms with Gasteiger partial charge in [-0.2, -0.15) is 0 Å². The van der Waals surface area contributed by atoms with Gasteiger partial charge in [0.25, 0.3) is 5.91 Å². The monoisotopic (exact) mass is 316 g/mol. The van der Waals surface area contributed by atoms with Crippen molar-refractivity contribution in [3.63, 3.8) is 0 Å². The maximum absolute atomic E-state index is 12.1. The zero-order chi connectivity index (χ0) is 14.5. The van der Waals surface area contributed by atoms with Crippen molar-refractivity contribution in [2.75, 3.05) is 26.2 Å². The molecule has 20 heavy (non-hydrogen) atoms. The molecule has 1 aromatic rings. The van der Waals surface area contributed by atoms with Crippen molar-refractivity contribution >= 4 is 29.1 Å². The Morgan fingerprint density at radius 3 is 2.70 bits per heavy atom. The van der Waals surface area contributed by atoms with E-state index in [0.717, 1.165) is 25.9 Å². The fraction of sp³-hybridized carbons (Fsp3) is 0.500. The summed E-state index contributed by atoms with van der Waals surface area (Å²) in [6.45, 7) is 2.16. The lowest BCUT2D eigenvalue weighted by atomic mass is 9.97. The van der Waals surface area contributed by atoms with Gasteiger partial charge in [0.15, 0.2) is 6.61 Å². The normalized spacial score (nSPS) is 16.2. The Bertz CT molecular complexity index is 474. The fourth-order valence-corrected chi connectivity index (χ4v) is 2.57. The van der Waals surface area contributed by atoms with Crippen molar-refractivity contribution in [1.29, 1.82) is 0 Å². The van der Waals surface area contributed by atoms with Crippen molar-refractivity contribution in [1.82, 2.24) is 4.90 Å². The zero-order valence-corrected chi connectivity index (χ0v) is 12.7. The van der Waals surface area contributed by atoms with Gasteiger partial charge in [0.05, 0.1) is 5.02 Å². The molecule has 0 aliphatic carbocycles. The molecule has 0 aromatic heterocycles. The summed E-state index contributed by atoms with van der Waals surface area (Å²) in [6.07, 6.45) is 1.92. The van der Waals surface area contributed by atoms with E-state index in [0.29, 0.717) is 28.3 Å². The molecular formula is C14H18Cl2N2O2. The van der Waals surface area contributed by atoms with Gasteiger partial charge in [0, 0.05) is 24.2 Å². The number of ether oxygens (including phenoxy) is 1. The summed E-state index contributed by atoms with van der Waals surface area (Å²) < 4.78 is 5.45. The van der Waals surface area contributed by atoms with E-state index < -0.39 is 0 Å². The highest BCUT2D eigenvalue weighted by Crippen LogP contribution is 2.27. The topological polar surface area (TPSA) is 55.6 Å². The number of benzene rings is 1. The first kappa shape index (κ1) is 15.4.